The molecular weight excluding hydrogens is 223 g/mol. The minimum absolute atomic E-state index is 0.233. The Hall–Kier alpha value is -0.480. The van der Waals surface area contributed by atoms with Crippen molar-refractivity contribution in [1.29, 1.82) is 0 Å². The van der Waals surface area contributed by atoms with Gasteiger partial charge in [-0.3, -0.25) is 4.39 Å². The summed E-state index contributed by atoms with van der Waals surface area (Å²) >= 11 is 1.82. The number of halogens is 1. The minimum Gasteiger partial charge on any atom is -0.312 e. The van der Waals surface area contributed by atoms with E-state index in [1.807, 2.05) is 17.5 Å². The van der Waals surface area contributed by atoms with Crippen LogP contribution >= 0.6 is 11.3 Å². The molecule has 90 valence electrons. The smallest absolute Gasteiger partial charge is 0.0959 e. The lowest BCUT2D eigenvalue weighted by Gasteiger charge is -2.02. The Balaban J connectivity index is 1.77. The molecule has 0 aliphatic heterocycles. The van der Waals surface area contributed by atoms with Crippen LogP contribution in [0.1, 0.15) is 47.9 Å². The first-order valence-corrected chi connectivity index (χ1v) is 6.93. The van der Waals surface area contributed by atoms with Crippen molar-refractivity contribution in [2.24, 2.45) is 0 Å². The van der Waals surface area contributed by atoms with Crippen LogP contribution in [-0.4, -0.2) is 18.2 Å². The number of aromatic nitrogens is 1. The fraction of sp³-hybridized carbons (Fsp3) is 0.750. The van der Waals surface area contributed by atoms with Crippen molar-refractivity contribution in [3.8, 4) is 0 Å². The van der Waals surface area contributed by atoms with Gasteiger partial charge in [-0.25, -0.2) is 4.98 Å². The lowest BCUT2D eigenvalue weighted by atomic mass is 10.1. The van der Waals surface area contributed by atoms with Crippen LogP contribution in [0.5, 0.6) is 0 Å². The molecule has 1 N–H and O–H groups in total. The summed E-state index contributed by atoms with van der Waals surface area (Å²) in [6.07, 6.45) is 7.90. The molecule has 0 aromatic carbocycles. The molecule has 0 atom stereocenters. The van der Waals surface area contributed by atoms with Gasteiger partial charge in [-0.1, -0.05) is 12.8 Å². The number of alkyl halides is 1. The third-order valence-electron chi connectivity index (χ3n) is 3.06. The first kappa shape index (κ1) is 12.0. The topological polar surface area (TPSA) is 24.9 Å². The fourth-order valence-electron chi connectivity index (χ4n) is 2.17. The molecule has 0 amide bonds. The molecular formula is C12H19FN2S. The van der Waals surface area contributed by atoms with E-state index < -0.39 is 0 Å². The molecule has 4 heteroatoms. The fourth-order valence-corrected chi connectivity index (χ4v) is 3.23. The van der Waals surface area contributed by atoms with Gasteiger partial charge in [-0.2, -0.15) is 0 Å². The summed E-state index contributed by atoms with van der Waals surface area (Å²) < 4.78 is 11.9. The zero-order valence-corrected chi connectivity index (χ0v) is 10.4. The summed E-state index contributed by atoms with van der Waals surface area (Å²) in [5, 5.41) is 4.54. The van der Waals surface area contributed by atoms with Crippen molar-refractivity contribution in [3.05, 3.63) is 16.1 Å². The van der Waals surface area contributed by atoms with Crippen molar-refractivity contribution in [1.82, 2.24) is 10.3 Å². The van der Waals surface area contributed by atoms with Crippen molar-refractivity contribution < 1.29 is 4.39 Å². The Bertz CT molecular complexity index is 308. The summed E-state index contributed by atoms with van der Waals surface area (Å²) in [7, 11) is 0. The van der Waals surface area contributed by atoms with E-state index in [9.17, 15) is 4.39 Å². The van der Waals surface area contributed by atoms with Crippen molar-refractivity contribution in [2.45, 2.75) is 44.6 Å². The highest BCUT2D eigenvalue weighted by atomic mass is 32.1. The highest BCUT2D eigenvalue weighted by Crippen LogP contribution is 2.35. The number of rotatable bonds is 6. The first-order chi connectivity index (χ1) is 7.90. The average Bonchev–Trinajstić information content (AvgIpc) is 2.94. The standard InChI is InChI=1S/C12H19FN2S/c13-6-3-7-14-8-11-9-15-12(16-11)10-4-1-2-5-10/h9-10,14H,1-8H2. The Morgan fingerprint density at radius 3 is 3.00 bits per heavy atom. The molecule has 16 heavy (non-hydrogen) atoms. The number of nitrogens with zero attached hydrogens (tertiary/aromatic N) is 1. The second kappa shape index (κ2) is 6.30. The van der Waals surface area contributed by atoms with Gasteiger partial charge in [0.1, 0.15) is 0 Å². The number of hydrogen-bond acceptors (Lipinski definition) is 3. The van der Waals surface area contributed by atoms with Gasteiger partial charge >= 0.3 is 0 Å². The normalized spacial score (nSPS) is 17.1. The van der Waals surface area contributed by atoms with Gasteiger partial charge < -0.3 is 5.32 Å². The Kier molecular flexibility index (Phi) is 4.72. The maximum atomic E-state index is 11.9. The van der Waals surface area contributed by atoms with E-state index in [2.05, 4.69) is 10.3 Å². The zero-order chi connectivity index (χ0) is 11.2. The molecule has 0 saturated heterocycles. The largest absolute Gasteiger partial charge is 0.312 e. The van der Waals surface area contributed by atoms with Gasteiger partial charge in [-0.05, 0) is 25.8 Å². The summed E-state index contributed by atoms with van der Waals surface area (Å²) in [5.74, 6) is 0.713. The SMILES string of the molecule is FCCCNCc1cnc(C2CCCC2)s1. The van der Waals surface area contributed by atoms with E-state index in [4.69, 9.17) is 0 Å². The maximum absolute atomic E-state index is 11.9. The molecule has 1 fully saturated rings. The number of nitrogens with one attached hydrogen (secondary N) is 1. The summed E-state index contributed by atoms with van der Waals surface area (Å²) in [4.78, 5) is 5.78. The molecule has 2 nitrogen and oxygen atoms in total. The predicted octanol–water partition coefficient (Wildman–Crippen LogP) is 3.25. The van der Waals surface area contributed by atoms with E-state index in [0.717, 1.165) is 13.1 Å². The highest BCUT2D eigenvalue weighted by molar-refractivity contribution is 7.11. The molecule has 2 rings (SSSR count). The quantitative estimate of drug-likeness (QED) is 0.775. The zero-order valence-electron chi connectivity index (χ0n) is 9.54. The first-order valence-electron chi connectivity index (χ1n) is 6.11. The summed E-state index contributed by atoms with van der Waals surface area (Å²) in [6.45, 7) is 1.36. The van der Waals surface area contributed by atoms with Crippen LogP contribution in [0.15, 0.2) is 6.20 Å². The molecule has 1 aliphatic carbocycles. The van der Waals surface area contributed by atoms with Crippen LogP contribution in [0, 0.1) is 0 Å². The molecule has 1 aromatic heterocycles. The second-order valence-corrected chi connectivity index (χ2v) is 5.51. The Morgan fingerprint density at radius 1 is 1.44 bits per heavy atom. The van der Waals surface area contributed by atoms with Crippen LogP contribution in [0.25, 0.3) is 0 Å². The molecule has 0 radical (unpaired) electrons. The Labute approximate surface area is 100 Å². The van der Waals surface area contributed by atoms with Crippen LogP contribution in [0.2, 0.25) is 0 Å². The Morgan fingerprint density at radius 2 is 2.25 bits per heavy atom. The number of thiazole rings is 1. The highest BCUT2D eigenvalue weighted by Gasteiger charge is 2.19. The molecule has 0 spiro atoms. The van der Waals surface area contributed by atoms with Gasteiger partial charge in [0.25, 0.3) is 0 Å². The molecule has 1 aromatic rings. The van der Waals surface area contributed by atoms with E-state index in [0.29, 0.717) is 12.3 Å². The van der Waals surface area contributed by atoms with Crippen LogP contribution in [0.3, 0.4) is 0 Å². The van der Waals surface area contributed by atoms with Gasteiger partial charge in [0.05, 0.1) is 11.7 Å². The van der Waals surface area contributed by atoms with E-state index in [1.165, 1.54) is 35.6 Å². The van der Waals surface area contributed by atoms with Gasteiger partial charge in [0.15, 0.2) is 0 Å². The van der Waals surface area contributed by atoms with Crippen LogP contribution in [-0.2, 0) is 6.54 Å². The van der Waals surface area contributed by atoms with Crippen molar-refractivity contribution in [3.63, 3.8) is 0 Å². The second-order valence-electron chi connectivity index (χ2n) is 4.37. The van der Waals surface area contributed by atoms with Crippen LogP contribution in [0.4, 0.5) is 4.39 Å². The van der Waals surface area contributed by atoms with Gasteiger partial charge in [0, 0.05) is 23.5 Å². The minimum atomic E-state index is -0.233. The monoisotopic (exact) mass is 242 g/mol. The van der Waals surface area contributed by atoms with E-state index in [1.54, 1.807) is 0 Å². The number of hydrogen-bond donors (Lipinski definition) is 1. The summed E-state index contributed by atoms with van der Waals surface area (Å²) in [6, 6.07) is 0. The lowest BCUT2D eigenvalue weighted by molar-refractivity contribution is 0.459. The third kappa shape index (κ3) is 3.25. The molecule has 1 aliphatic rings. The van der Waals surface area contributed by atoms with Crippen molar-refractivity contribution in [2.75, 3.05) is 13.2 Å². The molecule has 1 saturated carbocycles. The van der Waals surface area contributed by atoms with Gasteiger partial charge in [-0.15, -0.1) is 11.3 Å². The lowest BCUT2D eigenvalue weighted by Crippen LogP contribution is -2.14. The summed E-state index contributed by atoms with van der Waals surface area (Å²) in [5.41, 5.74) is 0. The predicted molar refractivity (Wildman–Crippen MR) is 65.6 cm³/mol. The maximum Gasteiger partial charge on any atom is 0.0959 e. The average molecular weight is 242 g/mol. The molecule has 0 unspecified atom stereocenters. The van der Waals surface area contributed by atoms with Gasteiger partial charge in [0.2, 0.25) is 0 Å². The molecule has 0 bridgehead atoms. The third-order valence-corrected chi connectivity index (χ3v) is 4.22. The van der Waals surface area contributed by atoms with E-state index >= 15 is 0 Å². The molecule has 1 heterocycles. The van der Waals surface area contributed by atoms with Crippen molar-refractivity contribution >= 4 is 11.3 Å². The van der Waals surface area contributed by atoms with Crippen LogP contribution < -0.4 is 5.32 Å². The van der Waals surface area contributed by atoms with E-state index in [-0.39, 0.29) is 6.67 Å².